The number of alkyl halides is 3. The first-order valence-corrected chi connectivity index (χ1v) is 9.97. The molecule has 0 unspecified atom stereocenters. The highest BCUT2D eigenvalue weighted by molar-refractivity contribution is 6.31. The molecule has 0 saturated heterocycles. The van der Waals surface area contributed by atoms with Crippen LogP contribution >= 0.6 is 11.6 Å². The van der Waals surface area contributed by atoms with Crippen LogP contribution in [0.5, 0.6) is 0 Å². The van der Waals surface area contributed by atoms with Crippen LogP contribution in [0, 0.1) is 0 Å². The van der Waals surface area contributed by atoms with Crippen molar-refractivity contribution in [1.29, 1.82) is 0 Å². The summed E-state index contributed by atoms with van der Waals surface area (Å²) in [4.78, 5) is 36.1. The summed E-state index contributed by atoms with van der Waals surface area (Å²) in [7, 11) is 1.54. The second-order valence-corrected chi connectivity index (χ2v) is 7.80. The molecule has 0 bridgehead atoms. The third kappa shape index (κ3) is 4.95. The Labute approximate surface area is 190 Å². The molecular formula is C20H17ClF3N5O4. The lowest BCUT2D eigenvalue weighted by Crippen LogP contribution is -2.34. The maximum atomic E-state index is 12.9. The van der Waals surface area contributed by atoms with E-state index in [1.807, 2.05) is 0 Å². The number of hydrogen-bond acceptors (Lipinski definition) is 7. The van der Waals surface area contributed by atoms with Gasteiger partial charge in [-0.25, -0.2) is 9.97 Å². The van der Waals surface area contributed by atoms with Crippen LogP contribution in [0.15, 0.2) is 51.9 Å². The van der Waals surface area contributed by atoms with Crippen molar-refractivity contribution in [1.82, 2.24) is 19.8 Å². The zero-order chi connectivity index (χ0) is 23.8. The Balaban J connectivity index is 1.48. The molecule has 1 N–H and O–H groups in total. The van der Waals surface area contributed by atoms with Gasteiger partial charge in [0.25, 0.3) is 11.8 Å². The van der Waals surface area contributed by atoms with E-state index in [0.717, 1.165) is 6.39 Å². The number of carbonyl (C=O) groups is 2. The minimum atomic E-state index is -4.49. The number of rotatable bonds is 6. The van der Waals surface area contributed by atoms with Gasteiger partial charge in [-0.1, -0.05) is 11.6 Å². The normalized spacial score (nSPS) is 16.2. The number of hydrogen-bond donors (Lipinski definition) is 1. The number of anilines is 1. The van der Waals surface area contributed by atoms with Crippen LogP contribution in [0.4, 0.5) is 19.0 Å². The average molecular weight is 484 g/mol. The summed E-state index contributed by atoms with van der Waals surface area (Å²) in [5.41, 5.74) is 1.70. The lowest BCUT2D eigenvalue weighted by atomic mass is 10.1. The van der Waals surface area contributed by atoms with Gasteiger partial charge in [0.1, 0.15) is 17.1 Å². The SMILES string of the molecule is CN1CC(CN2Cc3c(ccnc3NC(=O)c3cocn3)C2=O)=CC(Cl)=C1OCC(F)(F)F. The molecule has 9 nitrogen and oxygen atoms in total. The molecular weight excluding hydrogens is 467 g/mol. The van der Waals surface area contributed by atoms with Crippen molar-refractivity contribution in [2.75, 3.05) is 32.1 Å². The molecule has 0 spiro atoms. The van der Waals surface area contributed by atoms with Crippen LogP contribution in [-0.2, 0) is 11.3 Å². The Morgan fingerprint density at radius 3 is 2.79 bits per heavy atom. The van der Waals surface area contributed by atoms with Gasteiger partial charge in [0, 0.05) is 37.5 Å². The zero-order valence-electron chi connectivity index (χ0n) is 17.1. The summed E-state index contributed by atoms with van der Waals surface area (Å²) < 4.78 is 47.0. The molecule has 0 aliphatic carbocycles. The molecule has 2 aliphatic heterocycles. The van der Waals surface area contributed by atoms with Crippen molar-refractivity contribution in [2.45, 2.75) is 12.7 Å². The molecule has 4 rings (SSSR count). The standard InChI is InChI=1S/C20H17ClF3N5O4/c1-28-5-11(4-14(21)19(28)33-9-20(22,23)24)6-29-7-13-12(18(29)31)2-3-25-16(13)27-17(30)15-8-32-10-26-15/h2-4,8,10H,5-7,9H2,1H3,(H,25,27,30). The first kappa shape index (κ1) is 22.6. The molecule has 2 amide bonds. The largest absolute Gasteiger partial charge is 0.468 e. The van der Waals surface area contributed by atoms with E-state index in [-0.39, 0.29) is 48.0 Å². The summed E-state index contributed by atoms with van der Waals surface area (Å²) in [6.45, 7) is -0.882. The molecule has 2 aromatic heterocycles. The number of fused-ring (bicyclic) bond motifs is 1. The summed E-state index contributed by atoms with van der Waals surface area (Å²) in [6.07, 6.45) is 0.728. The summed E-state index contributed by atoms with van der Waals surface area (Å²) in [6, 6.07) is 1.56. The van der Waals surface area contributed by atoms with E-state index in [9.17, 15) is 22.8 Å². The van der Waals surface area contributed by atoms with Gasteiger partial charge in [-0.15, -0.1) is 0 Å². The van der Waals surface area contributed by atoms with Crippen LogP contribution in [0.3, 0.4) is 0 Å². The Morgan fingerprint density at radius 1 is 1.33 bits per heavy atom. The highest BCUT2D eigenvalue weighted by atomic mass is 35.5. The quantitative estimate of drug-likeness (QED) is 0.673. The van der Waals surface area contributed by atoms with Gasteiger partial charge < -0.3 is 24.3 Å². The van der Waals surface area contributed by atoms with Gasteiger partial charge in [-0.3, -0.25) is 9.59 Å². The maximum absolute atomic E-state index is 12.9. The number of amides is 2. The van der Waals surface area contributed by atoms with E-state index in [1.165, 1.54) is 28.3 Å². The fraction of sp³-hybridized carbons (Fsp3) is 0.300. The summed E-state index contributed by atoms with van der Waals surface area (Å²) in [5.74, 6) is -0.662. The Bertz CT molecular complexity index is 1150. The fourth-order valence-electron chi connectivity index (χ4n) is 3.53. The molecule has 2 aromatic rings. The molecule has 2 aliphatic rings. The molecule has 33 heavy (non-hydrogen) atoms. The predicted molar refractivity (Wildman–Crippen MR) is 109 cm³/mol. The summed E-state index contributed by atoms with van der Waals surface area (Å²) >= 11 is 6.14. The first-order chi connectivity index (χ1) is 15.6. The van der Waals surface area contributed by atoms with Crippen molar-refractivity contribution < 1.29 is 31.9 Å². The van der Waals surface area contributed by atoms with Crippen LogP contribution in [0.2, 0.25) is 0 Å². The van der Waals surface area contributed by atoms with Crippen molar-refractivity contribution in [3.63, 3.8) is 0 Å². The molecule has 13 heteroatoms. The summed E-state index contributed by atoms with van der Waals surface area (Å²) in [5, 5.41) is 2.63. The van der Waals surface area contributed by atoms with Gasteiger partial charge in [0.05, 0.1) is 6.54 Å². The Morgan fingerprint density at radius 2 is 2.12 bits per heavy atom. The van der Waals surface area contributed by atoms with Gasteiger partial charge in [0.2, 0.25) is 5.88 Å². The maximum Gasteiger partial charge on any atom is 0.422 e. The number of nitrogens with zero attached hydrogens (tertiary/aromatic N) is 4. The second kappa shape index (κ2) is 8.77. The van der Waals surface area contributed by atoms with E-state index >= 15 is 0 Å². The number of ether oxygens (including phenoxy) is 1. The predicted octanol–water partition coefficient (Wildman–Crippen LogP) is 3.14. The smallest absolute Gasteiger partial charge is 0.422 e. The molecule has 0 aromatic carbocycles. The van der Waals surface area contributed by atoms with Gasteiger partial charge in [0.15, 0.2) is 18.7 Å². The number of likely N-dealkylation sites (N-methyl/N-ethyl adjacent to an activating group) is 1. The van der Waals surface area contributed by atoms with Crippen LogP contribution in [-0.4, -0.2) is 64.5 Å². The minimum Gasteiger partial charge on any atom is -0.468 e. The Kier molecular flexibility index (Phi) is 6.02. The fourth-order valence-corrected chi connectivity index (χ4v) is 3.89. The molecule has 0 atom stereocenters. The first-order valence-electron chi connectivity index (χ1n) is 9.59. The monoisotopic (exact) mass is 483 g/mol. The lowest BCUT2D eigenvalue weighted by Gasteiger charge is -2.30. The van der Waals surface area contributed by atoms with Crippen LogP contribution in [0.25, 0.3) is 0 Å². The van der Waals surface area contributed by atoms with Crippen LogP contribution in [0.1, 0.15) is 26.4 Å². The molecule has 0 fully saturated rings. The number of allylic oxidation sites excluding steroid dienone is 2. The molecule has 4 heterocycles. The van der Waals surface area contributed by atoms with Crippen molar-refractivity contribution in [2.24, 2.45) is 0 Å². The van der Waals surface area contributed by atoms with E-state index < -0.39 is 18.7 Å². The van der Waals surface area contributed by atoms with E-state index in [4.69, 9.17) is 20.8 Å². The lowest BCUT2D eigenvalue weighted by molar-refractivity contribution is -0.169. The highest BCUT2D eigenvalue weighted by Gasteiger charge is 2.33. The third-order valence-electron chi connectivity index (χ3n) is 4.91. The van der Waals surface area contributed by atoms with E-state index in [1.54, 1.807) is 13.1 Å². The van der Waals surface area contributed by atoms with Crippen molar-refractivity contribution >= 4 is 29.2 Å². The Hall–Kier alpha value is -3.54. The molecule has 0 saturated carbocycles. The van der Waals surface area contributed by atoms with E-state index in [2.05, 4.69) is 15.3 Å². The van der Waals surface area contributed by atoms with Gasteiger partial charge in [-0.05, 0) is 17.7 Å². The highest BCUT2D eigenvalue weighted by Crippen LogP contribution is 2.31. The number of aromatic nitrogens is 2. The number of carbonyl (C=O) groups excluding carboxylic acids is 2. The molecule has 174 valence electrons. The number of oxazole rings is 1. The van der Waals surface area contributed by atoms with Crippen LogP contribution < -0.4 is 5.32 Å². The molecule has 0 radical (unpaired) electrons. The zero-order valence-corrected chi connectivity index (χ0v) is 17.9. The van der Waals surface area contributed by atoms with Gasteiger partial charge in [-0.2, -0.15) is 13.2 Å². The number of pyridine rings is 1. The van der Waals surface area contributed by atoms with E-state index in [0.29, 0.717) is 16.7 Å². The van der Waals surface area contributed by atoms with Crippen molar-refractivity contribution in [3.05, 3.63) is 64.3 Å². The average Bonchev–Trinajstić information content (AvgIpc) is 3.37. The van der Waals surface area contributed by atoms with Gasteiger partial charge >= 0.3 is 6.18 Å². The third-order valence-corrected chi connectivity index (χ3v) is 5.18. The van der Waals surface area contributed by atoms with Crippen molar-refractivity contribution in [3.8, 4) is 0 Å². The second-order valence-electron chi connectivity index (χ2n) is 7.39. The number of nitrogens with one attached hydrogen (secondary N) is 1. The number of halogens is 4. The minimum absolute atomic E-state index is 0.00870. The topological polar surface area (TPSA) is 101 Å².